The molecule has 2 saturated heterocycles. The summed E-state index contributed by atoms with van der Waals surface area (Å²) in [6.45, 7) is 6.21. The highest BCUT2D eigenvalue weighted by Gasteiger charge is 2.41. The molecule has 2 aliphatic rings. The number of rotatable bonds is 4. The van der Waals surface area contributed by atoms with E-state index in [0.717, 1.165) is 12.3 Å². The molecule has 0 saturated carbocycles. The van der Waals surface area contributed by atoms with Crippen molar-refractivity contribution in [1.29, 1.82) is 0 Å². The van der Waals surface area contributed by atoms with Crippen molar-refractivity contribution in [2.45, 2.75) is 37.6 Å². The molecule has 0 aromatic heterocycles. The van der Waals surface area contributed by atoms with E-state index in [4.69, 9.17) is 4.74 Å². The fourth-order valence-corrected chi connectivity index (χ4v) is 4.13. The van der Waals surface area contributed by atoms with Crippen molar-refractivity contribution in [3.63, 3.8) is 0 Å². The smallest absolute Gasteiger partial charge is 0.310 e. The largest absolute Gasteiger partial charge is 0.481 e. The summed E-state index contributed by atoms with van der Waals surface area (Å²) < 4.78 is 5.37. The average Bonchev–Trinajstić information content (AvgIpc) is 2.89. The molecular weight excluding hydrogens is 238 g/mol. The van der Waals surface area contributed by atoms with E-state index in [2.05, 4.69) is 18.7 Å². The normalized spacial score (nSPS) is 37.8. The SMILES string of the molecule is CCN(C1CSC(C)C1)C1COCC1C(=O)O. The average molecular weight is 259 g/mol. The van der Waals surface area contributed by atoms with Crippen LogP contribution in [0.4, 0.5) is 0 Å². The van der Waals surface area contributed by atoms with E-state index in [1.165, 1.54) is 6.42 Å². The highest BCUT2D eigenvalue weighted by molar-refractivity contribution is 8.00. The molecule has 5 heteroatoms. The molecular formula is C12H21NO3S. The lowest BCUT2D eigenvalue weighted by Crippen LogP contribution is -2.48. The zero-order valence-electron chi connectivity index (χ0n) is 10.5. The molecule has 2 aliphatic heterocycles. The number of hydrogen-bond acceptors (Lipinski definition) is 4. The van der Waals surface area contributed by atoms with E-state index in [1.807, 2.05) is 11.8 Å². The second-order valence-corrected chi connectivity index (χ2v) is 6.38. The van der Waals surface area contributed by atoms with Crippen LogP contribution in [0.2, 0.25) is 0 Å². The highest BCUT2D eigenvalue weighted by atomic mass is 32.2. The first-order chi connectivity index (χ1) is 8.13. The number of carbonyl (C=O) groups is 1. The van der Waals surface area contributed by atoms with Crippen LogP contribution in [-0.2, 0) is 9.53 Å². The van der Waals surface area contributed by atoms with Crippen LogP contribution in [0.3, 0.4) is 0 Å². The van der Waals surface area contributed by atoms with Gasteiger partial charge in [0.1, 0.15) is 0 Å². The van der Waals surface area contributed by atoms with Gasteiger partial charge in [-0.05, 0) is 13.0 Å². The van der Waals surface area contributed by atoms with Crippen molar-refractivity contribution in [2.75, 3.05) is 25.5 Å². The Bertz CT molecular complexity index is 287. The van der Waals surface area contributed by atoms with Gasteiger partial charge in [-0.1, -0.05) is 13.8 Å². The highest BCUT2D eigenvalue weighted by Crippen LogP contribution is 2.32. The zero-order valence-corrected chi connectivity index (χ0v) is 11.3. The number of carboxylic acids is 1. The third-order valence-electron chi connectivity index (χ3n) is 3.80. The Morgan fingerprint density at radius 2 is 2.29 bits per heavy atom. The predicted octanol–water partition coefficient (Wildman–Crippen LogP) is 1.30. The summed E-state index contributed by atoms with van der Waals surface area (Å²) in [5.41, 5.74) is 0. The third kappa shape index (κ3) is 2.77. The van der Waals surface area contributed by atoms with Crippen LogP contribution in [0, 0.1) is 5.92 Å². The Hall–Kier alpha value is -0.260. The predicted molar refractivity (Wildman–Crippen MR) is 68.4 cm³/mol. The molecule has 4 unspecified atom stereocenters. The Labute approximate surface area is 107 Å². The molecule has 2 heterocycles. The summed E-state index contributed by atoms with van der Waals surface area (Å²) in [5.74, 6) is 0.0539. The third-order valence-corrected chi connectivity index (χ3v) is 5.14. The van der Waals surface area contributed by atoms with E-state index >= 15 is 0 Å². The van der Waals surface area contributed by atoms with Crippen LogP contribution in [0.1, 0.15) is 20.3 Å². The van der Waals surface area contributed by atoms with Gasteiger partial charge in [-0.2, -0.15) is 11.8 Å². The first-order valence-corrected chi connectivity index (χ1v) is 7.36. The minimum atomic E-state index is -0.718. The molecule has 0 aliphatic carbocycles. The Kier molecular flexibility index (Phi) is 4.33. The number of nitrogens with zero attached hydrogens (tertiary/aromatic N) is 1. The minimum Gasteiger partial charge on any atom is -0.481 e. The Morgan fingerprint density at radius 1 is 1.53 bits per heavy atom. The lowest BCUT2D eigenvalue weighted by Gasteiger charge is -2.34. The van der Waals surface area contributed by atoms with Crippen LogP contribution < -0.4 is 0 Å². The molecule has 0 aromatic rings. The van der Waals surface area contributed by atoms with E-state index in [-0.39, 0.29) is 12.0 Å². The molecule has 2 rings (SSSR count). The van der Waals surface area contributed by atoms with E-state index < -0.39 is 5.97 Å². The van der Waals surface area contributed by atoms with Crippen molar-refractivity contribution in [2.24, 2.45) is 5.92 Å². The van der Waals surface area contributed by atoms with Gasteiger partial charge < -0.3 is 9.84 Å². The van der Waals surface area contributed by atoms with Crippen LogP contribution in [0.15, 0.2) is 0 Å². The molecule has 1 N–H and O–H groups in total. The van der Waals surface area contributed by atoms with Crippen LogP contribution in [0.25, 0.3) is 0 Å². The Morgan fingerprint density at radius 3 is 2.82 bits per heavy atom. The first kappa shape index (κ1) is 13.2. The van der Waals surface area contributed by atoms with Crippen LogP contribution >= 0.6 is 11.8 Å². The van der Waals surface area contributed by atoms with E-state index in [1.54, 1.807) is 0 Å². The summed E-state index contributed by atoms with van der Waals surface area (Å²) in [6, 6.07) is 0.585. The van der Waals surface area contributed by atoms with Gasteiger partial charge in [0, 0.05) is 23.1 Å². The van der Waals surface area contributed by atoms with Gasteiger partial charge in [-0.25, -0.2) is 0 Å². The molecule has 98 valence electrons. The first-order valence-electron chi connectivity index (χ1n) is 6.31. The quantitative estimate of drug-likeness (QED) is 0.825. The maximum Gasteiger partial charge on any atom is 0.310 e. The summed E-state index contributed by atoms with van der Waals surface area (Å²) in [7, 11) is 0. The maximum atomic E-state index is 11.2. The van der Waals surface area contributed by atoms with E-state index in [9.17, 15) is 9.90 Å². The van der Waals surface area contributed by atoms with Gasteiger partial charge >= 0.3 is 5.97 Å². The van der Waals surface area contributed by atoms with Crippen LogP contribution in [-0.4, -0.2) is 58.8 Å². The maximum absolute atomic E-state index is 11.2. The summed E-state index contributed by atoms with van der Waals surface area (Å²) in [5, 5.41) is 9.91. The molecule has 0 radical (unpaired) electrons. The molecule has 4 nitrogen and oxygen atoms in total. The second kappa shape index (κ2) is 5.59. The van der Waals surface area contributed by atoms with Crippen molar-refractivity contribution < 1.29 is 14.6 Å². The van der Waals surface area contributed by atoms with Gasteiger partial charge in [-0.3, -0.25) is 9.69 Å². The monoisotopic (exact) mass is 259 g/mol. The number of hydrogen-bond donors (Lipinski definition) is 1. The molecule has 0 spiro atoms. The zero-order chi connectivity index (χ0) is 12.4. The van der Waals surface area contributed by atoms with Gasteiger partial charge in [0.2, 0.25) is 0 Å². The van der Waals surface area contributed by atoms with Crippen molar-refractivity contribution in [3.8, 4) is 0 Å². The van der Waals surface area contributed by atoms with Gasteiger partial charge in [0.15, 0.2) is 0 Å². The summed E-state index contributed by atoms with van der Waals surface area (Å²) >= 11 is 1.99. The number of carboxylic acid groups (broad SMARTS) is 1. The van der Waals surface area contributed by atoms with Gasteiger partial charge in [0.25, 0.3) is 0 Å². The fourth-order valence-electron chi connectivity index (χ4n) is 2.89. The number of aliphatic carboxylic acids is 1. The van der Waals surface area contributed by atoms with Crippen molar-refractivity contribution in [3.05, 3.63) is 0 Å². The molecule has 4 atom stereocenters. The van der Waals surface area contributed by atoms with Crippen molar-refractivity contribution in [1.82, 2.24) is 4.90 Å². The lowest BCUT2D eigenvalue weighted by atomic mass is 9.99. The standard InChI is InChI=1S/C12H21NO3S/c1-3-13(9-4-8(2)17-7-9)11-6-16-5-10(11)12(14)15/h8-11H,3-7H2,1-2H3,(H,14,15). The summed E-state index contributed by atoms with van der Waals surface area (Å²) in [6.07, 6.45) is 1.17. The molecule has 2 fully saturated rings. The lowest BCUT2D eigenvalue weighted by molar-refractivity contribution is -0.143. The number of thioether (sulfide) groups is 1. The molecule has 17 heavy (non-hydrogen) atoms. The fraction of sp³-hybridized carbons (Fsp3) is 0.917. The van der Waals surface area contributed by atoms with Crippen LogP contribution in [0.5, 0.6) is 0 Å². The minimum absolute atomic E-state index is 0.0633. The molecule has 0 amide bonds. The number of likely N-dealkylation sites (N-methyl/N-ethyl adjacent to an activating group) is 1. The van der Waals surface area contributed by atoms with E-state index in [0.29, 0.717) is 24.5 Å². The second-order valence-electron chi connectivity index (χ2n) is 4.91. The Balaban J connectivity index is 2.04. The number of ether oxygens (including phenoxy) is 1. The van der Waals surface area contributed by atoms with Gasteiger partial charge in [0.05, 0.1) is 19.1 Å². The molecule has 0 aromatic carbocycles. The summed E-state index contributed by atoms with van der Waals surface area (Å²) in [4.78, 5) is 13.5. The topological polar surface area (TPSA) is 49.8 Å². The molecule has 0 bridgehead atoms. The van der Waals surface area contributed by atoms with Crippen molar-refractivity contribution >= 4 is 17.7 Å². The van der Waals surface area contributed by atoms with Gasteiger partial charge in [-0.15, -0.1) is 0 Å².